The van der Waals surface area contributed by atoms with Gasteiger partial charge < -0.3 is 5.32 Å². The Labute approximate surface area is 108 Å². The summed E-state index contributed by atoms with van der Waals surface area (Å²) in [5.74, 6) is 0.0947. The molecule has 0 aliphatic heterocycles. The molecule has 1 amide bonds. The number of carbonyl (C=O) groups excluding carboxylic acids is 1. The van der Waals surface area contributed by atoms with Crippen molar-refractivity contribution in [3.05, 3.63) is 41.7 Å². The Bertz CT molecular complexity index is 411. The van der Waals surface area contributed by atoms with Gasteiger partial charge in [-0.2, -0.15) is 0 Å². The average Bonchev–Trinajstić information content (AvgIpc) is 2.37. The van der Waals surface area contributed by atoms with Crippen molar-refractivity contribution in [2.75, 3.05) is 6.54 Å². The Morgan fingerprint density at radius 1 is 1.39 bits per heavy atom. The first-order valence-corrected chi connectivity index (χ1v) is 6.37. The molecule has 0 saturated heterocycles. The van der Waals surface area contributed by atoms with Crippen LogP contribution >= 0.6 is 0 Å². The van der Waals surface area contributed by atoms with E-state index in [4.69, 9.17) is 0 Å². The Kier molecular flexibility index (Phi) is 6.12. The van der Waals surface area contributed by atoms with E-state index in [-0.39, 0.29) is 11.7 Å². The molecule has 0 atom stereocenters. The van der Waals surface area contributed by atoms with Crippen LogP contribution in [0, 0.1) is 11.7 Å². The molecule has 2 nitrogen and oxygen atoms in total. The van der Waals surface area contributed by atoms with Crippen molar-refractivity contribution in [1.82, 2.24) is 5.32 Å². The lowest BCUT2D eigenvalue weighted by atomic mass is 10.0. The predicted octanol–water partition coefficient (Wildman–Crippen LogP) is 3.39. The van der Waals surface area contributed by atoms with Gasteiger partial charge in [0.2, 0.25) is 5.91 Å². The lowest BCUT2D eigenvalue weighted by Gasteiger charge is -2.11. The van der Waals surface area contributed by atoms with Gasteiger partial charge in [0, 0.05) is 12.6 Å². The van der Waals surface area contributed by atoms with Crippen LogP contribution in [0.25, 0.3) is 6.08 Å². The van der Waals surface area contributed by atoms with Crippen LogP contribution in [0.3, 0.4) is 0 Å². The molecule has 1 aromatic rings. The highest BCUT2D eigenvalue weighted by atomic mass is 19.1. The van der Waals surface area contributed by atoms with Crippen molar-refractivity contribution >= 4 is 12.0 Å². The number of amides is 1. The number of carbonyl (C=O) groups is 1. The highest BCUT2D eigenvalue weighted by Gasteiger charge is 2.04. The van der Waals surface area contributed by atoms with Crippen LogP contribution in [-0.4, -0.2) is 12.5 Å². The fraction of sp³-hybridized carbons (Fsp3) is 0.400. The molecule has 1 N–H and O–H groups in total. The quantitative estimate of drug-likeness (QED) is 0.769. The minimum atomic E-state index is -0.297. The van der Waals surface area contributed by atoms with E-state index < -0.39 is 0 Å². The highest BCUT2D eigenvalue weighted by Crippen LogP contribution is 2.06. The SMILES string of the molecule is CCC(CC)CNC(=O)/C=C/c1cccc(F)c1. The maximum Gasteiger partial charge on any atom is 0.244 e. The van der Waals surface area contributed by atoms with Gasteiger partial charge in [-0.05, 0) is 29.7 Å². The maximum atomic E-state index is 12.9. The monoisotopic (exact) mass is 249 g/mol. The van der Waals surface area contributed by atoms with Gasteiger partial charge in [0.15, 0.2) is 0 Å². The van der Waals surface area contributed by atoms with Crippen LogP contribution in [0.1, 0.15) is 32.3 Å². The second-order valence-corrected chi connectivity index (χ2v) is 4.32. The van der Waals surface area contributed by atoms with Gasteiger partial charge in [-0.15, -0.1) is 0 Å². The van der Waals surface area contributed by atoms with Crippen molar-refractivity contribution in [2.24, 2.45) is 5.92 Å². The minimum absolute atomic E-state index is 0.133. The zero-order chi connectivity index (χ0) is 13.4. The first-order valence-electron chi connectivity index (χ1n) is 6.37. The molecule has 0 spiro atoms. The Morgan fingerprint density at radius 2 is 2.11 bits per heavy atom. The summed E-state index contributed by atoms with van der Waals surface area (Å²) in [6.07, 6.45) is 5.18. The van der Waals surface area contributed by atoms with Gasteiger partial charge in [-0.1, -0.05) is 38.8 Å². The molecule has 3 heteroatoms. The Balaban J connectivity index is 2.45. The normalized spacial score (nSPS) is 11.1. The van der Waals surface area contributed by atoms with Crippen LogP contribution < -0.4 is 5.32 Å². The summed E-state index contributed by atoms with van der Waals surface area (Å²) in [5, 5.41) is 2.85. The minimum Gasteiger partial charge on any atom is -0.352 e. The van der Waals surface area contributed by atoms with Crippen LogP contribution in [-0.2, 0) is 4.79 Å². The van der Waals surface area contributed by atoms with Crippen molar-refractivity contribution in [2.45, 2.75) is 26.7 Å². The van der Waals surface area contributed by atoms with E-state index >= 15 is 0 Å². The molecule has 0 aromatic heterocycles. The molecule has 0 heterocycles. The predicted molar refractivity (Wildman–Crippen MR) is 72.5 cm³/mol. The first-order chi connectivity index (χ1) is 8.65. The van der Waals surface area contributed by atoms with Crippen molar-refractivity contribution in [3.8, 4) is 0 Å². The molecule has 1 aromatic carbocycles. The molecular weight excluding hydrogens is 229 g/mol. The summed E-state index contributed by atoms with van der Waals surface area (Å²) in [4.78, 5) is 11.5. The maximum absolute atomic E-state index is 12.9. The van der Waals surface area contributed by atoms with Crippen LogP contribution in [0.5, 0.6) is 0 Å². The molecule has 0 aliphatic carbocycles. The van der Waals surface area contributed by atoms with E-state index in [2.05, 4.69) is 19.2 Å². The molecule has 0 bridgehead atoms. The summed E-state index contributed by atoms with van der Waals surface area (Å²) in [7, 11) is 0. The van der Waals surface area contributed by atoms with E-state index in [0.717, 1.165) is 12.8 Å². The zero-order valence-corrected chi connectivity index (χ0v) is 10.9. The Hall–Kier alpha value is -1.64. The third-order valence-electron chi connectivity index (χ3n) is 3.00. The number of benzene rings is 1. The Morgan fingerprint density at radius 3 is 2.72 bits per heavy atom. The van der Waals surface area contributed by atoms with E-state index in [0.29, 0.717) is 18.0 Å². The van der Waals surface area contributed by atoms with Crippen LogP contribution in [0.4, 0.5) is 4.39 Å². The van der Waals surface area contributed by atoms with E-state index in [1.54, 1.807) is 18.2 Å². The number of halogens is 1. The molecule has 0 radical (unpaired) electrons. The molecular formula is C15H20FNO. The van der Waals surface area contributed by atoms with E-state index in [9.17, 15) is 9.18 Å². The topological polar surface area (TPSA) is 29.1 Å². The second-order valence-electron chi connectivity index (χ2n) is 4.32. The third kappa shape index (κ3) is 5.13. The summed E-state index contributed by atoms with van der Waals surface area (Å²) in [6.45, 7) is 4.92. The van der Waals surface area contributed by atoms with Gasteiger partial charge >= 0.3 is 0 Å². The summed E-state index contributed by atoms with van der Waals surface area (Å²) in [5.41, 5.74) is 0.688. The standard InChI is InChI=1S/C15H20FNO/c1-3-12(4-2)11-17-15(18)9-8-13-6-5-7-14(16)10-13/h5-10,12H,3-4,11H2,1-2H3,(H,17,18)/b9-8+. The van der Waals surface area contributed by atoms with E-state index in [1.165, 1.54) is 18.2 Å². The van der Waals surface area contributed by atoms with Gasteiger partial charge in [-0.25, -0.2) is 4.39 Å². The molecule has 0 fully saturated rings. The number of hydrogen-bond donors (Lipinski definition) is 1. The molecule has 1 rings (SSSR count). The molecule has 0 unspecified atom stereocenters. The zero-order valence-electron chi connectivity index (χ0n) is 10.9. The van der Waals surface area contributed by atoms with Gasteiger partial charge in [-0.3, -0.25) is 4.79 Å². The number of rotatable bonds is 6. The molecule has 18 heavy (non-hydrogen) atoms. The fourth-order valence-electron chi connectivity index (χ4n) is 1.66. The molecule has 98 valence electrons. The van der Waals surface area contributed by atoms with Gasteiger partial charge in [0.05, 0.1) is 0 Å². The molecule has 0 aliphatic rings. The number of hydrogen-bond acceptors (Lipinski definition) is 1. The highest BCUT2D eigenvalue weighted by molar-refractivity contribution is 5.91. The van der Waals surface area contributed by atoms with Gasteiger partial charge in [0.1, 0.15) is 5.82 Å². The lowest BCUT2D eigenvalue weighted by Crippen LogP contribution is -2.27. The number of nitrogens with one attached hydrogen (secondary N) is 1. The average molecular weight is 249 g/mol. The van der Waals surface area contributed by atoms with Crippen molar-refractivity contribution in [1.29, 1.82) is 0 Å². The van der Waals surface area contributed by atoms with Gasteiger partial charge in [0.25, 0.3) is 0 Å². The third-order valence-corrected chi connectivity index (χ3v) is 3.00. The van der Waals surface area contributed by atoms with Crippen LogP contribution in [0.2, 0.25) is 0 Å². The fourth-order valence-corrected chi connectivity index (χ4v) is 1.66. The second kappa shape index (κ2) is 7.64. The first kappa shape index (κ1) is 14.4. The lowest BCUT2D eigenvalue weighted by molar-refractivity contribution is -0.116. The van der Waals surface area contributed by atoms with Crippen molar-refractivity contribution in [3.63, 3.8) is 0 Å². The molecule has 0 saturated carbocycles. The van der Waals surface area contributed by atoms with Crippen LogP contribution in [0.15, 0.2) is 30.3 Å². The summed E-state index contributed by atoms with van der Waals surface area (Å²) < 4.78 is 12.9. The van der Waals surface area contributed by atoms with E-state index in [1.807, 2.05) is 0 Å². The summed E-state index contributed by atoms with van der Waals surface area (Å²) in [6, 6.07) is 6.15. The smallest absolute Gasteiger partial charge is 0.244 e. The van der Waals surface area contributed by atoms with Crippen molar-refractivity contribution < 1.29 is 9.18 Å². The largest absolute Gasteiger partial charge is 0.352 e. The summed E-state index contributed by atoms with van der Waals surface area (Å²) >= 11 is 0.